The molecule has 5 aromatic carbocycles. The van der Waals surface area contributed by atoms with Gasteiger partial charge in [-0.05, 0) is 89.3 Å². The fourth-order valence-electron chi connectivity index (χ4n) is 7.76. The highest BCUT2D eigenvalue weighted by molar-refractivity contribution is 7.88. The Bertz CT molecular complexity index is 2440. The summed E-state index contributed by atoms with van der Waals surface area (Å²) in [5.41, 5.74) is 9.42. The van der Waals surface area contributed by atoms with E-state index in [-0.39, 0.29) is 24.6 Å². The molecule has 0 spiro atoms. The third kappa shape index (κ3) is 7.86. The maximum absolute atomic E-state index is 14.5. The molecule has 8 rings (SSSR count). The van der Waals surface area contributed by atoms with Crippen LogP contribution in [0.1, 0.15) is 40.3 Å². The second-order valence-corrected chi connectivity index (χ2v) is 16.8. The Hall–Kier alpha value is -5.13. The number of nitrogens with zero attached hydrogens (tertiary/aromatic N) is 3. The number of nitrogens with one attached hydrogen (secondary N) is 2. The first-order chi connectivity index (χ1) is 26.6. The number of sulfonamides is 1. The van der Waals surface area contributed by atoms with Crippen LogP contribution in [0.25, 0.3) is 22.0 Å². The predicted octanol–water partition coefficient (Wildman–Crippen LogP) is 8.26. The molecule has 9 nitrogen and oxygen atoms in total. The summed E-state index contributed by atoms with van der Waals surface area (Å²) in [6, 6.07) is 35.2. The van der Waals surface area contributed by atoms with E-state index in [9.17, 15) is 13.2 Å². The second kappa shape index (κ2) is 15.5. The zero-order valence-electron chi connectivity index (χ0n) is 31.0. The Morgan fingerprint density at radius 1 is 0.855 bits per heavy atom. The van der Waals surface area contributed by atoms with E-state index in [0.29, 0.717) is 28.4 Å². The number of carbonyl (C=O) groups is 1. The molecule has 1 fully saturated rings. The first-order valence-corrected chi connectivity index (χ1v) is 20.6. The Labute approximate surface area is 327 Å². The molecule has 0 radical (unpaired) electrons. The molecule has 1 atom stereocenters. The standard InChI is InChI=1S/C44H44ClN5O4S/c1-48-21-23-49(24-22-48)36-17-14-32(15-18-36)33-12-13-34-28-50(44(38(34)25-33)39-27-46-40-6-4-3-5-37(39)40)55(52,53)29-31-9-7-30(8-10-31)11-20-43(51)47-41-26-35(45)16-19-42(41)54-2/h3-10,12-19,25-27,44,46H,11,20-24,28-29H2,1-2H3,(H,47,51)/t44-/m1/s1. The van der Waals surface area contributed by atoms with Crippen molar-refractivity contribution in [3.63, 3.8) is 0 Å². The van der Waals surface area contributed by atoms with Crippen molar-refractivity contribution in [2.45, 2.75) is 31.2 Å². The lowest BCUT2D eigenvalue weighted by atomic mass is 9.94. The van der Waals surface area contributed by atoms with Gasteiger partial charge in [-0.25, -0.2) is 8.42 Å². The highest BCUT2D eigenvalue weighted by Gasteiger charge is 2.40. The number of ether oxygens (including phenoxy) is 1. The number of piperazine rings is 1. The van der Waals surface area contributed by atoms with E-state index in [0.717, 1.165) is 70.5 Å². The number of benzene rings is 5. The number of H-pyrrole nitrogens is 1. The number of amides is 1. The average Bonchev–Trinajstić information content (AvgIpc) is 3.80. The number of fused-ring (bicyclic) bond motifs is 2. The van der Waals surface area contributed by atoms with Gasteiger partial charge in [0.25, 0.3) is 0 Å². The van der Waals surface area contributed by atoms with Crippen LogP contribution in [0, 0.1) is 0 Å². The summed E-state index contributed by atoms with van der Waals surface area (Å²) in [5, 5.41) is 4.37. The van der Waals surface area contributed by atoms with Crippen molar-refractivity contribution >= 4 is 49.8 Å². The number of anilines is 2. The molecule has 11 heteroatoms. The van der Waals surface area contributed by atoms with E-state index >= 15 is 0 Å². The summed E-state index contributed by atoms with van der Waals surface area (Å²) >= 11 is 6.11. The summed E-state index contributed by atoms with van der Waals surface area (Å²) in [5.74, 6) is 0.216. The number of likely N-dealkylation sites (N-methyl/N-ethyl adjacent to an activating group) is 1. The van der Waals surface area contributed by atoms with Gasteiger partial charge in [0.05, 0.1) is 24.6 Å². The smallest absolute Gasteiger partial charge is 0.224 e. The van der Waals surface area contributed by atoms with Crippen molar-refractivity contribution in [2.75, 3.05) is 50.6 Å². The molecule has 0 saturated carbocycles. The lowest BCUT2D eigenvalue weighted by Gasteiger charge is -2.34. The molecule has 6 aromatic rings. The molecule has 0 unspecified atom stereocenters. The number of para-hydroxylation sites is 1. The quantitative estimate of drug-likeness (QED) is 0.138. The van der Waals surface area contributed by atoms with E-state index in [1.807, 2.05) is 48.7 Å². The summed E-state index contributed by atoms with van der Waals surface area (Å²) in [7, 11) is -0.0816. The van der Waals surface area contributed by atoms with Gasteiger partial charge in [-0.1, -0.05) is 78.3 Å². The predicted molar refractivity (Wildman–Crippen MR) is 221 cm³/mol. The van der Waals surface area contributed by atoms with E-state index in [1.54, 1.807) is 22.5 Å². The van der Waals surface area contributed by atoms with Crippen molar-refractivity contribution in [1.82, 2.24) is 14.2 Å². The van der Waals surface area contributed by atoms with Crippen molar-refractivity contribution < 1.29 is 17.9 Å². The molecule has 3 heterocycles. The average molecular weight is 774 g/mol. The molecule has 55 heavy (non-hydrogen) atoms. The van der Waals surface area contributed by atoms with Crippen LogP contribution in [0.15, 0.2) is 115 Å². The molecule has 282 valence electrons. The molecular formula is C44H44ClN5O4S. The number of rotatable bonds is 11. The van der Waals surface area contributed by atoms with E-state index in [1.165, 1.54) is 12.8 Å². The van der Waals surface area contributed by atoms with Crippen LogP contribution in [0.3, 0.4) is 0 Å². The van der Waals surface area contributed by atoms with E-state index in [4.69, 9.17) is 16.3 Å². The number of aromatic amines is 1. The van der Waals surface area contributed by atoms with Crippen molar-refractivity contribution in [3.8, 4) is 16.9 Å². The third-order valence-corrected chi connectivity index (χ3v) is 12.8. The number of aryl methyl sites for hydroxylation is 1. The zero-order chi connectivity index (χ0) is 38.1. The minimum atomic E-state index is -3.78. The SMILES string of the molecule is COc1ccc(Cl)cc1NC(=O)CCc1ccc(CS(=O)(=O)N2Cc3ccc(-c4ccc(N5CCN(C)CC5)cc4)cc3[C@@H]2c2c[nH]c3ccccc23)cc1. The molecular weight excluding hydrogens is 730 g/mol. The molecule has 0 aliphatic carbocycles. The number of halogens is 1. The fraction of sp³-hybridized carbons (Fsp3) is 0.250. The Morgan fingerprint density at radius 2 is 1.58 bits per heavy atom. The number of hydrogen-bond acceptors (Lipinski definition) is 6. The maximum atomic E-state index is 14.5. The molecule has 1 amide bonds. The summed E-state index contributed by atoms with van der Waals surface area (Å²) in [6.45, 7) is 4.41. The van der Waals surface area contributed by atoms with Crippen LogP contribution >= 0.6 is 11.6 Å². The number of methoxy groups -OCH3 is 1. The zero-order valence-corrected chi connectivity index (χ0v) is 32.5. The van der Waals surface area contributed by atoms with Crippen molar-refractivity contribution in [3.05, 3.63) is 148 Å². The van der Waals surface area contributed by atoms with Crippen LogP contribution in [0.2, 0.25) is 5.02 Å². The van der Waals surface area contributed by atoms with Crippen molar-refractivity contribution in [1.29, 1.82) is 0 Å². The number of aromatic nitrogens is 1. The molecule has 0 bridgehead atoms. The van der Waals surface area contributed by atoms with E-state index < -0.39 is 16.1 Å². The van der Waals surface area contributed by atoms with Gasteiger partial charge in [0.2, 0.25) is 15.9 Å². The molecule has 2 aliphatic rings. The van der Waals surface area contributed by atoms with E-state index in [2.05, 4.69) is 75.7 Å². The summed E-state index contributed by atoms with van der Waals surface area (Å²) in [4.78, 5) is 20.9. The van der Waals surface area contributed by atoms with Gasteiger partial charge < -0.3 is 24.8 Å². The normalized spacial score (nSPS) is 16.3. The summed E-state index contributed by atoms with van der Waals surface area (Å²) in [6.07, 6.45) is 2.69. The monoisotopic (exact) mass is 773 g/mol. The topological polar surface area (TPSA) is 98.0 Å². The minimum absolute atomic E-state index is 0.143. The van der Waals surface area contributed by atoms with Gasteiger partial charge >= 0.3 is 0 Å². The van der Waals surface area contributed by atoms with Gasteiger partial charge in [-0.15, -0.1) is 0 Å². The molecule has 1 aromatic heterocycles. The Balaban J connectivity index is 1.01. The summed E-state index contributed by atoms with van der Waals surface area (Å²) < 4.78 is 35.9. The first kappa shape index (κ1) is 36.8. The van der Waals surface area contributed by atoms with Crippen LogP contribution in [-0.2, 0) is 33.5 Å². The van der Waals surface area contributed by atoms with Gasteiger partial charge in [-0.2, -0.15) is 4.31 Å². The van der Waals surface area contributed by atoms with Crippen molar-refractivity contribution in [2.24, 2.45) is 0 Å². The Kier molecular flexibility index (Phi) is 10.4. The van der Waals surface area contributed by atoms with Gasteiger partial charge in [-0.3, -0.25) is 4.79 Å². The number of carbonyl (C=O) groups excluding carboxylic acids is 1. The maximum Gasteiger partial charge on any atom is 0.224 e. The van der Waals surface area contributed by atoms with Crippen LogP contribution in [0.4, 0.5) is 11.4 Å². The third-order valence-electron chi connectivity index (χ3n) is 10.8. The first-order valence-electron chi connectivity index (χ1n) is 18.6. The Morgan fingerprint density at radius 3 is 2.35 bits per heavy atom. The largest absolute Gasteiger partial charge is 0.495 e. The van der Waals surface area contributed by atoms with Crippen LogP contribution < -0.4 is 15.0 Å². The van der Waals surface area contributed by atoms with Gasteiger partial charge in [0, 0.05) is 72.5 Å². The minimum Gasteiger partial charge on any atom is -0.495 e. The number of hydrogen-bond donors (Lipinski definition) is 2. The van der Waals surface area contributed by atoms with Crippen LogP contribution in [0.5, 0.6) is 5.75 Å². The van der Waals surface area contributed by atoms with Gasteiger partial charge in [0.15, 0.2) is 0 Å². The molecule has 1 saturated heterocycles. The highest BCUT2D eigenvalue weighted by atomic mass is 35.5. The molecule has 2 aliphatic heterocycles. The molecule has 2 N–H and O–H groups in total. The second-order valence-electron chi connectivity index (χ2n) is 14.5. The lowest BCUT2D eigenvalue weighted by molar-refractivity contribution is -0.116. The van der Waals surface area contributed by atoms with Crippen LogP contribution in [-0.4, -0.2) is 68.9 Å². The lowest BCUT2D eigenvalue weighted by Crippen LogP contribution is -2.44. The fourth-order valence-corrected chi connectivity index (χ4v) is 9.60. The highest BCUT2D eigenvalue weighted by Crippen LogP contribution is 2.45. The van der Waals surface area contributed by atoms with Gasteiger partial charge in [0.1, 0.15) is 5.75 Å².